The van der Waals surface area contributed by atoms with E-state index in [1.165, 1.54) is 6.07 Å². The first-order valence-corrected chi connectivity index (χ1v) is 8.03. The van der Waals surface area contributed by atoms with Crippen LogP contribution in [0.4, 0.5) is 13.2 Å². The molecule has 0 radical (unpaired) electrons. The van der Waals surface area contributed by atoms with E-state index < -0.39 is 26.7 Å². The summed E-state index contributed by atoms with van der Waals surface area (Å²) >= 11 is 5.70. The molecule has 0 bridgehead atoms. The predicted molar refractivity (Wildman–Crippen MR) is 80.8 cm³/mol. The highest BCUT2D eigenvalue weighted by Gasteiger charge is 2.36. The van der Waals surface area contributed by atoms with E-state index in [9.17, 15) is 21.6 Å². The number of alkyl halides is 3. The van der Waals surface area contributed by atoms with Crippen molar-refractivity contribution in [2.24, 2.45) is 5.10 Å². The number of nitrogens with zero attached hydrogens (tertiary/aromatic N) is 1. The van der Waals surface area contributed by atoms with Crippen molar-refractivity contribution >= 4 is 27.8 Å². The molecule has 0 aliphatic rings. The molecule has 0 amide bonds. The Morgan fingerprint density at radius 3 is 2.26 bits per heavy atom. The maximum absolute atomic E-state index is 12.9. The number of hydrogen-bond acceptors (Lipinski definition) is 3. The van der Waals surface area contributed by atoms with Gasteiger partial charge in [-0.15, -0.1) is 0 Å². The number of hydrazone groups is 1. The average molecular weight is 363 g/mol. The molecule has 0 spiro atoms. The van der Waals surface area contributed by atoms with Gasteiger partial charge >= 0.3 is 6.18 Å². The Balaban J connectivity index is 2.25. The summed E-state index contributed by atoms with van der Waals surface area (Å²) in [4.78, 5) is 0.871. The summed E-state index contributed by atoms with van der Waals surface area (Å²) in [5.74, 6) is 0. The molecule has 0 unspecified atom stereocenters. The van der Waals surface area contributed by atoms with Crippen LogP contribution < -0.4 is 4.83 Å². The lowest BCUT2D eigenvalue weighted by Crippen LogP contribution is -2.22. The second kappa shape index (κ2) is 6.59. The number of halogens is 4. The number of rotatable bonds is 4. The van der Waals surface area contributed by atoms with Crippen LogP contribution in [0.25, 0.3) is 0 Å². The minimum atomic E-state index is -4.79. The van der Waals surface area contributed by atoms with Crippen molar-refractivity contribution in [3.63, 3.8) is 0 Å². The van der Waals surface area contributed by atoms with Gasteiger partial charge in [0.1, 0.15) is 4.90 Å². The summed E-state index contributed by atoms with van der Waals surface area (Å²) in [5, 5.41) is 3.96. The Morgan fingerprint density at radius 1 is 1.04 bits per heavy atom. The first-order valence-electron chi connectivity index (χ1n) is 6.17. The van der Waals surface area contributed by atoms with Gasteiger partial charge in [0, 0.05) is 5.02 Å². The molecular formula is C14H10ClF3N2O2S. The first-order chi connectivity index (χ1) is 10.7. The van der Waals surface area contributed by atoms with E-state index in [-0.39, 0.29) is 0 Å². The summed E-state index contributed by atoms with van der Waals surface area (Å²) in [7, 11) is -4.45. The number of hydrogen-bond donors (Lipinski definition) is 1. The van der Waals surface area contributed by atoms with Crippen LogP contribution >= 0.6 is 11.6 Å². The summed E-state index contributed by atoms with van der Waals surface area (Å²) in [5.41, 5.74) is -0.726. The largest absolute Gasteiger partial charge is 0.417 e. The average Bonchev–Trinajstić information content (AvgIpc) is 2.48. The van der Waals surface area contributed by atoms with Gasteiger partial charge in [0.25, 0.3) is 10.0 Å². The summed E-state index contributed by atoms with van der Waals surface area (Å²) < 4.78 is 62.6. The third kappa shape index (κ3) is 4.46. The monoisotopic (exact) mass is 362 g/mol. The van der Waals surface area contributed by atoms with Gasteiger partial charge in [-0.25, -0.2) is 4.83 Å². The molecule has 9 heteroatoms. The zero-order valence-electron chi connectivity index (χ0n) is 11.4. The lowest BCUT2D eigenvalue weighted by atomic mass is 10.2. The molecule has 1 N–H and O–H groups in total. The van der Waals surface area contributed by atoms with Crippen molar-refractivity contribution in [1.82, 2.24) is 4.83 Å². The van der Waals surface area contributed by atoms with E-state index in [0.29, 0.717) is 16.7 Å². The van der Waals surface area contributed by atoms with Gasteiger partial charge in [0.05, 0.1) is 11.8 Å². The molecule has 4 nitrogen and oxygen atoms in total. The van der Waals surface area contributed by atoms with Crippen LogP contribution in [0, 0.1) is 0 Å². The van der Waals surface area contributed by atoms with Crippen molar-refractivity contribution in [2.45, 2.75) is 11.1 Å². The molecule has 0 aliphatic carbocycles. The normalized spacial score (nSPS) is 12.5. The van der Waals surface area contributed by atoms with Crippen LogP contribution in [0.2, 0.25) is 5.02 Å². The molecule has 0 aliphatic heterocycles. The van der Waals surface area contributed by atoms with E-state index in [4.69, 9.17) is 11.6 Å². The fourth-order valence-corrected chi connectivity index (χ4v) is 2.85. The van der Waals surface area contributed by atoms with Gasteiger partial charge in [-0.05, 0) is 29.8 Å². The lowest BCUT2D eigenvalue weighted by Gasteiger charge is -2.12. The second-order valence-corrected chi connectivity index (χ2v) is 6.46. The van der Waals surface area contributed by atoms with Gasteiger partial charge in [-0.2, -0.15) is 26.7 Å². The molecule has 0 fully saturated rings. The minimum Gasteiger partial charge on any atom is -0.200 e. The van der Waals surface area contributed by atoms with Crippen molar-refractivity contribution in [3.05, 3.63) is 64.7 Å². The molecule has 0 aromatic heterocycles. The van der Waals surface area contributed by atoms with Gasteiger partial charge in [0.2, 0.25) is 0 Å². The Labute approximate surface area is 135 Å². The molecule has 23 heavy (non-hydrogen) atoms. The summed E-state index contributed by atoms with van der Waals surface area (Å²) in [6.07, 6.45) is -3.63. The quantitative estimate of drug-likeness (QED) is 0.666. The highest BCUT2D eigenvalue weighted by Crippen LogP contribution is 2.33. The van der Waals surface area contributed by atoms with E-state index in [1.54, 1.807) is 29.1 Å². The fourth-order valence-electron chi connectivity index (χ4n) is 1.70. The third-order valence-electron chi connectivity index (χ3n) is 2.74. The molecule has 2 aromatic rings. The predicted octanol–water partition coefficient (Wildman–Crippen LogP) is 3.67. The molecule has 2 rings (SSSR count). The van der Waals surface area contributed by atoms with Crippen LogP contribution in [-0.2, 0) is 16.2 Å². The Hall–Kier alpha value is -2.06. The van der Waals surface area contributed by atoms with E-state index in [1.807, 2.05) is 0 Å². The van der Waals surface area contributed by atoms with Crippen molar-refractivity contribution in [1.29, 1.82) is 0 Å². The van der Waals surface area contributed by atoms with Crippen molar-refractivity contribution in [3.8, 4) is 0 Å². The highest BCUT2D eigenvalue weighted by molar-refractivity contribution is 7.89. The van der Waals surface area contributed by atoms with Crippen LogP contribution in [0.1, 0.15) is 11.1 Å². The zero-order valence-corrected chi connectivity index (χ0v) is 13.0. The van der Waals surface area contributed by atoms with Gasteiger partial charge in [-0.3, -0.25) is 0 Å². The van der Waals surface area contributed by atoms with Crippen LogP contribution in [0.3, 0.4) is 0 Å². The Kier molecular flexibility index (Phi) is 4.96. The lowest BCUT2D eigenvalue weighted by molar-refractivity contribution is -0.139. The number of sulfonamides is 1. The molecule has 2 aromatic carbocycles. The Bertz CT molecular complexity index is 819. The van der Waals surface area contributed by atoms with E-state index >= 15 is 0 Å². The highest BCUT2D eigenvalue weighted by atomic mass is 35.5. The maximum Gasteiger partial charge on any atom is 0.417 e. The molecular weight excluding hydrogens is 353 g/mol. The minimum absolute atomic E-state index is 0.488. The zero-order chi connectivity index (χ0) is 17.1. The van der Waals surface area contributed by atoms with E-state index in [2.05, 4.69) is 5.10 Å². The van der Waals surface area contributed by atoms with Gasteiger partial charge in [0.15, 0.2) is 0 Å². The first kappa shape index (κ1) is 17.3. The molecule has 0 atom stereocenters. The van der Waals surface area contributed by atoms with E-state index in [0.717, 1.165) is 18.3 Å². The molecule has 0 saturated carbocycles. The smallest absolute Gasteiger partial charge is 0.200 e. The topological polar surface area (TPSA) is 58.5 Å². The van der Waals surface area contributed by atoms with Crippen LogP contribution in [0.15, 0.2) is 58.5 Å². The van der Waals surface area contributed by atoms with Crippen LogP contribution in [0.5, 0.6) is 0 Å². The molecule has 0 heterocycles. The molecule has 0 saturated heterocycles. The number of benzene rings is 2. The summed E-state index contributed by atoms with van der Waals surface area (Å²) in [6, 6.07) is 10.1. The maximum atomic E-state index is 12.9. The van der Waals surface area contributed by atoms with Gasteiger partial charge < -0.3 is 0 Å². The van der Waals surface area contributed by atoms with Crippen molar-refractivity contribution in [2.75, 3.05) is 0 Å². The summed E-state index contributed by atoms with van der Waals surface area (Å²) in [6.45, 7) is 0. The van der Waals surface area contributed by atoms with Crippen molar-refractivity contribution < 1.29 is 21.6 Å². The Morgan fingerprint density at radius 2 is 1.65 bits per heavy atom. The van der Waals surface area contributed by atoms with Gasteiger partial charge in [-0.1, -0.05) is 35.9 Å². The standard InChI is InChI=1S/C14H10ClF3N2O2S/c15-11-7-5-10(6-8-11)9-19-20-23(21,22)13-4-2-1-3-12(13)14(16,17)18/h1-9,20H. The third-order valence-corrected chi connectivity index (χ3v) is 4.27. The molecule has 122 valence electrons. The van der Waals surface area contributed by atoms with Crippen LogP contribution in [-0.4, -0.2) is 14.6 Å². The SMILES string of the molecule is O=S(=O)(NN=Cc1ccc(Cl)cc1)c1ccccc1C(F)(F)F. The second-order valence-electron chi connectivity index (χ2n) is 4.40. The number of nitrogens with one attached hydrogen (secondary N) is 1. The fraction of sp³-hybridized carbons (Fsp3) is 0.0714.